The van der Waals surface area contributed by atoms with Crippen molar-refractivity contribution in [2.24, 2.45) is 5.73 Å². The number of ketones is 6. The molecule has 0 unspecified atom stereocenters. The van der Waals surface area contributed by atoms with Crippen molar-refractivity contribution in [1.29, 1.82) is 0 Å². The number of benzene rings is 5. The van der Waals surface area contributed by atoms with E-state index in [1.54, 1.807) is 48.3 Å². The predicted octanol–water partition coefficient (Wildman–Crippen LogP) is 5.44. The molecule has 13 N–H and O–H groups in total. The highest BCUT2D eigenvalue weighted by atomic mass is 33.1. The lowest BCUT2D eigenvalue weighted by Gasteiger charge is -2.42. The van der Waals surface area contributed by atoms with Crippen molar-refractivity contribution in [2.75, 3.05) is 52.2 Å². The van der Waals surface area contributed by atoms with Gasteiger partial charge >= 0.3 is 12.2 Å². The van der Waals surface area contributed by atoms with Crippen LogP contribution in [0.4, 0.5) is 9.59 Å². The van der Waals surface area contributed by atoms with Gasteiger partial charge in [-0.15, -0.1) is 5.10 Å². The van der Waals surface area contributed by atoms with Gasteiger partial charge in [0.25, 0.3) is 0 Å². The summed E-state index contributed by atoms with van der Waals surface area (Å²) in [6.07, 6.45) is -9.50. The third-order valence-corrected chi connectivity index (χ3v) is 24.2. The van der Waals surface area contributed by atoms with Crippen LogP contribution in [0.5, 0.6) is 34.5 Å². The fourth-order valence-electron chi connectivity index (χ4n) is 14.1. The van der Waals surface area contributed by atoms with E-state index in [4.69, 9.17) is 48.5 Å². The number of rotatable bonds is 22. The molecule has 12 atom stereocenters. The first-order valence-corrected chi connectivity index (χ1v) is 40.0. The molecule has 114 heavy (non-hydrogen) atoms. The highest BCUT2D eigenvalue weighted by Crippen LogP contribution is 2.55. The zero-order valence-corrected chi connectivity index (χ0v) is 64.3. The zero-order chi connectivity index (χ0) is 81.6. The Balaban J connectivity index is 0.000000170. The SMILES string of the molecule is COc1cccc2c1C(=O)c1c(O)c3c(c(O)c1C2=O)C[C@@](O)(C(=O)CO)C[C@@H]3O[C@H]1C[C@H](N)[C@H](O)[C@H](C)O1.COc1cccc2c1C(=O)c1c(O)c3c(c(O)c1C2=O)C[C@@](O)(C(=O)CO)C[C@@H]3O[C@H]1C[C@H](NC(=O)OCCSSc2ccccn2)[C@H](O)[C@H](C)O1.O=C(OCCSSc1ccccn1)On1nnc2ccccc21. The molecule has 3 aromatic heterocycles. The normalized spacial score (nSPS) is 23.8. The van der Waals surface area contributed by atoms with Gasteiger partial charge in [0.2, 0.25) is 11.6 Å². The second kappa shape index (κ2) is 35.9. The lowest BCUT2D eigenvalue weighted by atomic mass is 9.72. The molecule has 0 bridgehead atoms. The number of para-hydroxylation sites is 1. The van der Waals surface area contributed by atoms with Crippen LogP contribution in [0.25, 0.3) is 11.0 Å². The average molecular weight is 1650 g/mol. The van der Waals surface area contributed by atoms with Crippen molar-refractivity contribution >= 4 is 101 Å². The number of methoxy groups -OCH3 is 2. The fraction of sp³-hybridized carbons (Fsp3) is 0.368. The van der Waals surface area contributed by atoms with Crippen LogP contribution in [0.1, 0.15) is 138 Å². The lowest BCUT2D eigenvalue weighted by Crippen LogP contribution is -2.56. The van der Waals surface area contributed by atoms with Crippen LogP contribution in [0.2, 0.25) is 0 Å². The average Bonchev–Trinajstić information content (AvgIpc) is 0.736. The van der Waals surface area contributed by atoms with Crippen LogP contribution in [0.3, 0.4) is 0 Å². The van der Waals surface area contributed by atoms with Crippen molar-refractivity contribution in [3.63, 3.8) is 0 Å². The van der Waals surface area contributed by atoms with Crippen LogP contribution < -0.4 is 25.4 Å². The molecule has 1 amide bonds. The molecule has 5 heterocycles. The number of nitrogens with two attached hydrogens (primary N) is 1. The number of phenols is 4. The molecule has 0 spiro atoms. The summed E-state index contributed by atoms with van der Waals surface area (Å²) in [6.45, 7) is 1.31. The fourth-order valence-corrected chi connectivity index (χ4v) is 17.5. The van der Waals surface area contributed by atoms with Gasteiger partial charge in [0.05, 0.1) is 84.2 Å². The Labute approximate surface area is 663 Å². The van der Waals surface area contributed by atoms with E-state index >= 15 is 0 Å². The number of phenolic OH excluding ortho intramolecular Hbond substituents is 4. The lowest BCUT2D eigenvalue weighted by molar-refractivity contribution is -0.249. The Morgan fingerprint density at radius 1 is 0.588 bits per heavy atom. The molecular weight excluding hydrogens is 1570 g/mol. The Morgan fingerprint density at radius 2 is 1.05 bits per heavy atom. The summed E-state index contributed by atoms with van der Waals surface area (Å²) < 4.78 is 44.7. The number of Topliss-reactive ketones (excluding diaryl/α,β-unsaturated/α-hetero) is 2. The van der Waals surface area contributed by atoms with E-state index < -0.39 is 204 Å². The van der Waals surface area contributed by atoms with E-state index in [1.165, 1.54) is 89.9 Å². The molecule has 5 aromatic carbocycles. The van der Waals surface area contributed by atoms with Gasteiger partial charge in [0.1, 0.15) is 99.3 Å². The van der Waals surface area contributed by atoms with E-state index in [1.807, 2.05) is 42.5 Å². The number of hydrogen-bond acceptors (Lipinski definition) is 36. The van der Waals surface area contributed by atoms with Crippen molar-refractivity contribution < 1.29 is 132 Å². The van der Waals surface area contributed by atoms with Crippen LogP contribution in [0, 0.1) is 0 Å². The number of ether oxygens (including phenoxy) is 8. The molecule has 8 aromatic rings. The van der Waals surface area contributed by atoms with Gasteiger partial charge in [-0.05, 0) is 89.2 Å². The van der Waals surface area contributed by atoms with Crippen molar-refractivity contribution in [3.8, 4) is 34.5 Å². The molecule has 38 heteroatoms. The number of carbonyl (C=O) groups excluding carboxylic acids is 8. The van der Waals surface area contributed by atoms with Crippen LogP contribution >= 0.6 is 43.2 Å². The number of aliphatic hydroxyl groups is 6. The van der Waals surface area contributed by atoms with Crippen LogP contribution in [-0.2, 0) is 50.9 Å². The topological polar surface area (TPSA) is 516 Å². The second-order valence-electron chi connectivity index (χ2n) is 26.8. The summed E-state index contributed by atoms with van der Waals surface area (Å²) in [7, 11) is 8.56. The summed E-state index contributed by atoms with van der Waals surface area (Å²) in [5.74, 6) is -6.74. The molecule has 6 aliphatic rings. The van der Waals surface area contributed by atoms with E-state index in [9.17, 15) is 89.4 Å². The molecule has 14 rings (SSSR count). The van der Waals surface area contributed by atoms with Crippen molar-refractivity contribution in [3.05, 3.63) is 176 Å². The highest BCUT2D eigenvalue weighted by molar-refractivity contribution is 8.77. The summed E-state index contributed by atoms with van der Waals surface area (Å²) in [5, 5.41) is 121. The largest absolute Gasteiger partial charge is 0.535 e. The van der Waals surface area contributed by atoms with Gasteiger partial charge in [-0.2, -0.15) is 0 Å². The Hall–Kier alpha value is -9.88. The Kier molecular flexibility index (Phi) is 26.3. The number of aromatic nitrogens is 5. The predicted molar refractivity (Wildman–Crippen MR) is 404 cm³/mol. The number of amides is 1. The molecule has 2 fully saturated rings. The number of aromatic hydroxyl groups is 4. The quantitative estimate of drug-likeness (QED) is 0.0132. The number of hydrogen-bond donors (Lipinski definition) is 12. The van der Waals surface area contributed by atoms with Gasteiger partial charge in [-0.1, -0.05) is 75.0 Å². The molecule has 2 saturated heterocycles. The maximum absolute atomic E-state index is 13.9. The van der Waals surface area contributed by atoms with Crippen LogP contribution in [0.15, 0.2) is 120 Å². The van der Waals surface area contributed by atoms with Gasteiger partial charge in [0.15, 0.2) is 35.7 Å². The molecule has 602 valence electrons. The maximum atomic E-state index is 13.9. The molecule has 0 saturated carbocycles. The minimum Gasteiger partial charge on any atom is -0.507 e. The number of fused-ring (bicyclic) bond motifs is 7. The first-order chi connectivity index (χ1) is 54.6. The number of nitrogens with one attached hydrogen (secondary N) is 1. The molecule has 2 aliphatic heterocycles. The highest BCUT2D eigenvalue weighted by Gasteiger charge is 2.53. The number of carbonyl (C=O) groups is 8. The molecule has 0 radical (unpaired) electrons. The maximum Gasteiger partial charge on any atom is 0.535 e. The van der Waals surface area contributed by atoms with E-state index in [2.05, 4.69) is 25.6 Å². The van der Waals surface area contributed by atoms with Crippen molar-refractivity contribution in [1.82, 2.24) is 30.4 Å². The Morgan fingerprint density at radius 3 is 1.53 bits per heavy atom. The van der Waals surface area contributed by atoms with Crippen molar-refractivity contribution in [2.45, 2.75) is 135 Å². The van der Waals surface area contributed by atoms with Gasteiger partial charge < -0.3 is 100 Å². The second-order valence-corrected chi connectivity index (χ2v) is 31.7. The molecular formula is C76H77N7O27S4. The van der Waals surface area contributed by atoms with E-state index in [0.29, 0.717) is 22.5 Å². The third kappa shape index (κ3) is 17.2. The zero-order valence-electron chi connectivity index (χ0n) is 61.0. The van der Waals surface area contributed by atoms with E-state index in [0.717, 1.165) is 14.9 Å². The van der Waals surface area contributed by atoms with Gasteiger partial charge in [-0.3, -0.25) is 33.6 Å². The monoisotopic (exact) mass is 1650 g/mol. The summed E-state index contributed by atoms with van der Waals surface area (Å²) in [6, 6.07) is 25.4. The summed E-state index contributed by atoms with van der Waals surface area (Å²) >= 11 is 0. The third-order valence-electron chi connectivity index (χ3n) is 19.7. The Bertz CT molecular complexity index is 5000. The smallest absolute Gasteiger partial charge is 0.507 e. The summed E-state index contributed by atoms with van der Waals surface area (Å²) in [5.41, 5.74) is -0.389. The van der Waals surface area contributed by atoms with E-state index in [-0.39, 0.29) is 82.1 Å². The number of pyridine rings is 2. The van der Waals surface area contributed by atoms with Gasteiger partial charge in [0, 0.05) is 102 Å². The first kappa shape index (κ1) is 83.5. The molecule has 4 aliphatic carbocycles. The number of alkyl carbamates (subject to hydrolysis) is 1. The standard InChI is InChI=1S/C35H36N2O13S2.C27H29NO11.C14H12N4O3S2/c1-16-29(40)19(37-34(45)48-10-11-51-52-23-8-3-4-9-36-23)12-24(49-16)50-21-14-35(46,22(39)15-38)13-18-26(21)33(44)28-27(31(18)42)30(41)17-6-5-7-20(47-2)25(17)32(28)43;1-10-22(31)13(28)6-17(38-10)39-15-8-27(36,16(30)9-29)7-12-19(15)26(35)21-20(24(12)33)23(32)11-4-3-5-14(37-2)18(11)25(21)34;19-14(20-9-10-22-23-13-7-3-4-8-15-13)21-18-12-6-2-1-5-11(12)16-17-18/h3-9,16,19,21,24,29,38,40,42,44,46H,10-15H2,1-2H3,(H,37,45);3-5,10,13,15,17,22,29,31,33,35-36H,6-9,28H2,1-2H3;1-8H,9-10H2/t16-,19-,21-,24-,29+,35-;10-,13-,15-,17-,22+,27-;/m00./s1. The first-order valence-electron chi connectivity index (χ1n) is 35.3. The summed E-state index contributed by atoms with van der Waals surface area (Å²) in [4.78, 5) is 119. The van der Waals surface area contributed by atoms with Crippen LogP contribution in [-0.4, -0.2) is 236 Å². The van der Waals surface area contributed by atoms with Gasteiger partial charge in [-0.25, -0.2) is 19.6 Å². The minimum absolute atomic E-state index is 0.0173. The number of aliphatic hydroxyl groups excluding tert-OH is 4. The number of nitrogens with zero attached hydrogens (tertiary/aromatic N) is 5. The molecule has 34 nitrogen and oxygen atoms in total. The minimum atomic E-state index is -2.33.